The molecule has 130 valence electrons. The van der Waals surface area contributed by atoms with Crippen molar-refractivity contribution in [2.24, 2.45) is 0 Å². The van der Waals surface area contributed by atoms with Gasteiger partial charge in [0.15, 0.2) is 0 Å². The average molecular weight is 359 g/mol. The van der Waals surface area contributed by atoms with Crippen molar-refractivity contribution in [1.29, 1.82) is 0 Å². The second-order valence-electron chi connectivity index (χ2n) is 6.53. The number of carbonyl (C=O) groups is 1. The van der Waals surface area contributed by atoms with Crippen LogP contribution in [0.4, 0.5) is 11.8 Å². The minimum atomic E-state index is -0.385. The van der Waals surface area contributed by atoms with Crippen molar-refractivity contribution >= 4 is 29.3 Å². The highest BCUT2D eigenvalue weighted by Crippen LogP contribution is 2.37. The number of benzene rings is 1. The van der Waals surface area contributed by atoms with E-state index in [1.54, 1.807) is 6.07 Å². The van der Waals surface area contributed by atoms with Crippen LogP contribution in [0.3, 0.4) is 0 Å². The number of H-pyrrole nitrogens is 1. The maximum absolute atomic E-state index is 12.8. The fourth-order valence-electron chi connectivity index (χ4n) is 3.64. The summed E-state index contributed by atoms with van der Waals surface area (Å²) in [4.78, 5) is 34.5. The van der Waals surface area contributed by atoms with Crippen LogP contribution in [-0.4, -0.2) is 29.0 Å². The lowest BCUT2D eigenvalue weighted by Crippen LogP contribution is -2.36. The number of aromatic amines is 1. The molecule has 6 nitrogen and oxygen atoms in total. The molecule has 4 rings (SSSR count). The average Bonchev–Trinajstić information content (AvgIpc) is 2.62. The summed E-state index contributed by atoms with van der Waals surface area (Å²) in [6, 6.07) is 7.31. The molecule has 2 N–H and O–H groups in total. The van der Waals surface area contributed by atoms with Crippen molar-refractivity contribution in [2.45, 2.75) is 31.6 Å². The number of rotatable bonds is 2. The highest BCUT2D eigenvalue weighted by molar-refractivity contribution is 6.31. The van der Waals surface area contributed by atoms with E-state index in [2.05, 4.69) is 20.2 Å². The van der Waals surface area contributed by atoms with Crippen molar-refractivity contribution in [3.8, 4) is 0 Å². The first-order valence-corrected chi connectivity index (χ1v) is 8.94. The number of hydrogen-bond acceptors (Lipinski definition) is 4. The summed E-state index contributed by atoms with van der Waals surface area (Å²) in [5.74, 6) is 0.346. The van der Waals surface area contributed by atoms with E-state index in [1.807, 2.05) is 18.2 Å². The van der Waals surface area contributed by atoms with Gasteiger partial charge in [0, 0.05) is 30.5 Å². The number of anilines is 2. The Morgan fingerprint density at radius 1 is 1.12 bits per heavy atom. The molecular weight excluding hydrogens is 340 g/mol. The maximum Gasteiger partial charge on any atom is 0.258 e. The molecule has 1 aromatic heterocycles. The van der Waals surface area contributed by atoms with E-state index in [9.17, 15) is 9.59 Å². The summed E-state index contributed by atoms with van der Waals surface area (Å²) in [6.45, 7) is 1.73. The highest BCUT2D eigenvalue weighted by atomic mass is 35.5. The first kappa shape index (κ1) is 16.1. The van der Waals surface area contributed by atoms with E-state index in [4.69, 9.17) is 11.6 Å². The molecule has 0 spiro atoms. The predicted octanol–water partition coefficient (Wildman–Crippen LogP) is 2.89. The first-order chi connectivity index (χ1) is 12.1. The number of fused-ring (bicyclic) bond motifs is 1. The lowest BCUT2D eigenvalue weighted by molar-refractivity contribution is -0.116. The van der Waals surface area contributed by atoms with E-state index >= 15 is 0 Å². The summed E-state index contributed by atoms with van der Waals surface area (Å²) in [5, 5.41) is 3.31. The Morgan fingerprint density at radius 3 is 2.64 bits per heavy atom. The second-order valence-corrected chi connectivity index (χ2v) is 6.93. The molecule has 0 aliphatic carbocycles. The Labute approximate surface area is 150 Å². The zero-order chi connectivity index (χ0) is 17.4. The quantitative estimate of drug-likeness (QED) is 0.865. The van der Waals surface area contributed by atoms with Crippen LogP contribution in [-0.2, 0) is 4.79 Å². The molecule has 2 aromatic rings. The third kappa shape index (κ3) is 3.02. The lowest BCUT2D eigenvalue weighted by atomic mass is 9.87. The van der Waals surface area contributed by atoms with Crippen LogP contribution in [0.15, 0.2) is 29.1 Å². The molecule has 1 atom stereocenters. The van der Waals surface area contributed by atoms with Gasteiger partial charge in [-0.3, -0.25) is 14.6 Å². The molecule has 0 radical (unpaired) electrons. The lowest BCUT2D eigenvalue weighted by Gasteiger charge is -2.30. The Bertz CT molecular complexity index is 874. The smallest absolute Gasteiger partial charge is 0.258 e. The number of nitrogens with one attached hydrogen (secondary N) is 2. The van der Waals surface area contributed by atoms with Crippen LogP contribution in [0.25, 0.3) is 0 Å². The third-order valence-electron chi connectivity index (χ3n) is 4.87. The van der Waals surface area contributed by atoms with Gasteiger partial charge in [-0.25, -0.2) is 0 Å². The van der Waals surface area contributed by atoms with Gasteiger partial charge in [0.1, 0.15) is 5.82 Å². The number of nitrogens with zero attached hydrogens (tertiary/aromatic N) is 2. The first-order valence-electron chi connectivity index (χ1n) is 8.57. The van der Waals surface area contributed by atoms with E-state index in [0.717, 1.165) is 31.5 Å². The van der Waals surface area contributed by atoms with Crippen LogP contribution in [0.2, 0.25) is 5.02 Å². The highest BCUT2D eigenvalue weighted by Gasteiger charge is 2.32. The molecule has 0 bridgehead atoms. The summed E-state index contributed by atoms with van der Waals surface area (Å²) in [7, 11) is 0. The van der Waals surface area contributed by atoms with E-state index < -0.39 is 0 Å². The topological polar surface area (TPSA) is 78.1 Å². The molecule has 7 heteroatoms. The fraction of sp³-hybridized carbons (Fsp3) is 0.389. The van der Waals surface area contributed by atoms with Gasteiger partial charge in [-0.15, -0.1) is 0 Å². The molecule has 1 aromatic carbocycles. The molecule has 2 aliphatic heterocycles. The van der Waals surface area contributed by atoms with Crippen molar-refractivity contribution < 1.29 is 4.79 Å². The zero-order valence-electron chi connectivity index (χ0n) is 13.7. The number of aromatic nitrogens is 2. The molecule has 0 unspecified atom stereocenters. The molecule has 1 fully saturated rings. The van der Waals surface area contributed by atoms with Gasteiger partial charge in [0.05, 0.1) is 5.56 Å². The van der Waals surface area contributed by atoms with Crippen molar-refractivity contribution in [3.05, 3.63) is 50.8 Å². The third-order valence-corrected chi connectivity index (χ3v) is 5.22. The molecule has 1 amide bonds. The fourth-order valence-corrected chi connectivity index (χ4v) is 3.91. The monoisotopic (exact) mass is 358 g/mol. The van der Waals surface area contributed by atoms with Crippen LogP contribution in [0, 0.1) is 0 Å². The van der Waals surface area contributed by atoms with Gasteiger partial charge in [0.2, 0.25) is 11.9 Å². The van der Waals surface area contributed by atoms with E-state index in [0.29, 0.717) is 22.4 Å². The summed E-state index contributed by atoms with van der Waals surface area (Å²) < 4.78 is 0. The number of amides is 1. The molecule has 2 aliphatic rings. The molecule has 0 saturated carbocycles. The summed E-state index contributed by atoms with van der Waals surface area (Å²) in [5.41, 5.74) is 1.04. The number of hydrogen-bond donors (Lipinski definition) is 2. The van der Waals surface area contributed by atoms with Gasteiger partial charge < -0.3 is 10.2 Å². The predicted molar refractivity (Wildman–Crippen MR) is 97.5 cm³/mol. The maximum atomic E-state index is 12.8. The Kier molecular flexibility index (Phi) is 4.21. The van der Waals surface area contributed by atoms with E-state index in [1.165, 1.54) is 6.42 Å². The SMILES string of the molecule is O=C1C[C@H](c2ccccc2Cl)c2c(nc(N3CCCCC3)[nH]c2=O)N1. The minimum absolute atomic E-state index is 0.153. The number of halogens is 1. The molecule has 25 heavy (non-hydrogen) atoms. The summed E-state index contributed by atoms with van der Waals surface area (Å²) >= 11 is 6.30. The van der Waals surface area contributed by atoms with Gasteiger partial charge in [-0.05, 0) is 30.9 Å². The van der Waals surface area contributed by atoms with Crippen molar-refractivity contribution in [1.82, 2.24) is 9.97 Å². The van der Waals surface area contributed by atoms with Crippen LogP contribution in [0.1, 0.15) is 42.7 Å². The van der Waals surface area contributed by atoms with Crippen molar-refractivity contribution in [2.75, 3.05) is 23.3 Å². The van der Waals surface area contributed by atoms with Crippen LogP contribution in [0.5, 0.6) is 0 Å². The number of carbonyl (C=O) groups excluding carboxylic acids is 1. The van der Waals surface area contributed by atoms with Crippen LogP contribution < -0.4 is 15.8 Å². The van der Waals surface area contributed by atoms with Crippen molar-refractivity contribution in [3.63, 3.8) is 0 Å². The Balaban J connectivity index is 1.80. The normalized spacial score (nSPS) is 20.1. The van der Waals surface area contributed by atoms with Crippen LogP contribution >= 0.6 is 11.6 Å². The van der Waals surface area contributed by atoms with Gasteiger partial charge in [-0.1, -0.05) is 29.8 Å². The minimum Gasteiger partial charge on any atom is -0.342 e. The van der Waals surface area contributed by atoms with Gasteiger partial charge >= 0.3 is 0 Å². The number of piperidine rings is 1. The summed E-state index contributed by atoms with van der Waals surface area (Å²) in [6.07, 6.45) is 3.53. The molecule has 3 heterocycles. The zero-order valence-corrected chi connectivity index (χ0v) is 14.5. The Hall–Kier alpha value is -2.34. The largest absolute Gasteiger partial charge is 0.342 e. The van der Waals surface area contributed by atoms with Gasteiger partial charge in [0.25, 0.3) is 5.56 Å². The second kappa shape index (κ2) is 6.52. The molecule has 1 saturated heterocycles. The Morgan fingerprint density at radius 2 is 1.88 bits per heavy atom. The molecular formula is C18H19ClN4O2. The van der Waals surface area contributed by atoms with E-state index in [-0.39, 0.29) is 23.8 Å². The standard InChI is InChI=1S/C18H19ClN4O2/c19-13-7-3-2-6-11(13)12-10-14(24)20-16-15(12)17(25)22-18(21-16)23-8-4-1-5-9-23/h2-3,6-7,12H,1,4-5,8-10H2,(H2,20,21,22,24,25)/t12-/m1/s1. The van der Waals surface area contributed by atoms with Gasteiger partial charge in [-0.2, -0.15) is 4.98 Å².